The van der Waals surface area contributed by atoms with Gasteiger partial charge in [0.15, 0.2) is 5.03 Å². The number of aryl methyl sites for hydroxylation is 1. The number of carbonyl (C=O) groups is 1. The van der Waals surface area contributed by atoms with Crippen molar-refractivity contribution in [1.29, 1.82) is 5.26 Å². The zero-order chi connectivity index (χ0) is 26.9. The molecule has 2 heterocycles. The minimum atomic E-state index is -4.24. The topological polar surface area (TPSA) is 121 Å². The number of fused-ring (bicyclic) bond motifs is 1. The minimum absolute atomic E-state index is 0.0878. The number of benzene rings is 1. The van der Waals surface area contributed by atoms with Gasteiger partial charge in [-0.3, -0.25) is 9.48 Å². The third-order valence-electron chi connectivity index (χ3n) is 6.80. The highest BCUT2D eigenvalue weighted by Gasteiger charge is 2.28. The van der Waals surface area contributed by atoms with Crippen LogP contribution in [-0.2, 0) is 40.6 Å². The highest BCUT2D eigenvalue weighted by atomic mass is 32.2. The average molecular weight is 525 g/mol. The van der Waals surface area contributed by atoms with Crippen molar-refractivity contribution in [2.24, 2.45) is 0 Å². The first-order chi connectivity index (χ1) is 17.6. The van der Waals surface area contributed by atoms with E-state index in [2.05, 4.69) is 14.8 Å². The lowest BCUT2D eigenvalue weighted by atomic mass is 9.90. The van der Waals surface area contributed by atoms with Crippen molar-refractivity contribution < 1.29 is 17.6 Å². The van der Waals surface area contributed by atoms with Crippen LogP contribution in [0.1, 0.15) is 54.4 Å². The van der Waals surface area contributed by atoms with Crippen molar-refractivity contribution in [3.8, 4) is 17.2 Å². The quantitative estimate of drug-likeness (QED) is 0.481. The van der Waals surface area contributed by atoms with E-state index in [1.165, 1.54) is 24.4 Å². The molecule has 0 bridgehead atoms. The Morgan fingerprint density at radius 2 is 2.00 bits per heavy atom. The van der Waals surface area contributed by atoms with Crippen molar-refractivity contribution in [2.45, 2.75) is 57.1 Å². The van der Waals surface area contributed by atoms with Crippen molar-refractivity contribution in [1.82, 2.24) is 24.4 Å². The molecule has 0 aliphatic heterocycles. The SMILES string of the molecule is CCn1nc(S(=O)(=O)NC(=O)Cc2c(-c3ccnc(C#N)c3)cc(F)c3c2CCC3)cc1C(C)N(C)C. The van der Waals surface area contributed by atoms with Gasteiger partial charge in [0, 0.05) is 24.8 Å². The summed E-state index contributed by atoms with van der Waals surface area (Å²) < 4.78 is 44.9. The average Bonchev–Trinajstić information content (AvgIpc) is 3.53. The van der Waals surface area contributed by atoms with E-state index < -0.39 is 15.9 Å². The largest absolute Gasteiger partial charge is 0.301 e. The van der Waals surface area contributed by atoms with E-state index >= 15 is 0 Å². The highest BCUT2D eigenvalue weighted by molar-refractivity contribution is 7.90. The Kier molecular flexibility index (Phi) is 7.43. The fourth-order valence-corrected chi connectivity index (χ4v) is 5.67. The number of rotatable bonds is 8. The van der Waals surface area contributed by atoms with Gasteiger partial charge in [-0.1, -0.05) is 0 Å². The van der Waals surface area contributed by atoms with E-state index in [-0.39, 0.29) is 29.0 Å². The Bertz CT molecular complexity index is 1510. The van der Waals surface area contributed by atoms with Crippen molar-refractivity contribution in [2.75, 3.05) is 14.1 Å². The molecule has 37 heavy (non-hydrogen) atoms. The molecular weight excluding hydrogens is 495 g/mol. The van der Waals surface area contributed by atoms with Crippen LogP contribution < -0.4 is 4.72 Å². The van der Waals surface area contributed by atoms with Crippen LogP contribution in [0.5, 0.6) is 0 Å². The van der Waals surface area contributed by atoms with Gasteiger partial charge < -0.3 is 4.90 Å². The minimum Gasteiger partial charge on any atom is -0.301 e. The number of hydrogen-bond acceptors (Lipinski definition) is 7. The Labute approximate surface area is 216 Å². The molecule has 0 fully saturated rings. The van der Waals surface area contributed by atoms with Gasteiger partial charge in [-0.25, -0.2) is 14.1 Å². The number of halogens is 1. The van der Waals surface area contributed by atoms with Gasteiger partial charge in [-0.05, 0) is 93.2 Å². The van der Waals surface area contributed by atoms with Gasteiger partial charge in [-0.15, -0.1) is 0 Å². The summed E-state index contributed by atoms with van der Waals surface area (Å²) in [6, 6.07) is 7.88. The predicted octanol–water partition coefficient (Wildman–Crippen LogP) is 3.13. The van der Waals surface area contributed by atoms with Crippen LogP contribution >= 0.6 is 0 Å². The normalized spacial score (nSPS) is 13.9. The fourth-order valence-electron chi connectivity index (χ4n) is 4.71. The summed E-state index contributed by atoms with van der Waals surface area (Å²) in [6.45, 7) is 4.27. The number of nitriles is 1. The zero-order valence-corrected chi connectivity index (χ0v) is 22.1. The van der Waals surface area contributed by atoms with Gasteiger partial charge in [-0.2, -0.15) is 18.8 Å². The summed E-state index contributed by atoms with van der Waals surface area (Å²) in [5.74, 6) is -1.12. The lowest BCUT2D eigenvalue weighted by Gasteiger charge is -2.20. The van der Waals surface area contributed by atoms with E-state index in [0.29, 0.717) is 47.3 Å². The maximum Gasteiger partial charge on any atom is 0.283 e. The van der Waals surface area contributed by atoms with Crippen LogP contribution in [0.2, 0.25) is 0 Å². The molecule has 1 atom stereocenters. The Morgan fingerprint density at radius 1 is 1.27 bits per heavy atom. The number of hydrogen-bond donors (Lipinski definition) is 1. The second kappa shape index (κ2) is 10.4. The summed E-state index contributed by atoms with van der Waals surface area (Å²) in [5.41, 5.74) is 3.67. The summed E-state index contributed by atoms with van der Waals surface area (Å²) in [6.07, 6.45) is 3.05. The van der Waals surface area contributed by atoms with Gasteiger partial charge in [0.05, 0.1) is 12.1 Å². The molecule has 0 saturated heterocycles. The molecule has 1 aliphatic carbocycles. The summed E-state index contributed by atoms with van der Waals surface area (Å²) in [5, 5.41) is 13.2. The Morgan fingerprint density at radius 3 is 2.68 bits per heavy atom. The third-order valence-corrected chi connectivity index (χ3v) is 8.05. The number of nitrogens with zero attached hydrogens (tertiary/aromatic N) is 5. The van der Waals surface area contributed by atoms with Crippen LogP contribution in [0.25, 0.3) is 11.1 Å². The second-order valence-corrected chi connectivity index (χ2v) is 10.9. The molecule has 1 aromatic carbocycles. The molecule has 0 spiro atoms. The van der Waals surface area contributed by atoms with E-state index in [1.54, 1.807) is 10.7 Å². The van der Waals surface area contributed by atoms with E-state index in [9.17, 15) is 22.9 Å². The molecule has 0 radical (unpaired) electrons. The number of nitrogens with one attached hydrogen (secondary N) is 1. The third kappa shape index (κ3) is 5.26. The zero-order valence-electron chi connectivity index (χ0n) is 21.2. The maximum atomic E-state index is 14.9. The summed E-state index contributed by atoms with van der Waals surface area (Å²) in [4.78, 5) is 19.0. The predicted molar refractivity (Wildman–Crippen MR) is 135 cm³/mol. The summed E-state index contributed by atoms with van der Waals surface area (Å²) >= 11 is 0. The number of aromatic nitrogens is 3. The van der Waals surface area contributed by atoms with E-state index in [1.807, 2.05) is 38.9 Å². The molecule has 194 valence electrons. The van der Waals surface area contributed by atoms with E-state index in [4.69, 9.17) is 0 Å². The molecule has 11 heteroatoms. The molecule has 1 unspecified atom stereocenters. The van der Waals surface area contributed by atoms with Crippen LogP contribution in [-0.4, -0.2) is 48.1 Å². The van der Waals surface area contributed by atoms with Crippen molar-refractivity contribution >= 4 is 15.9 Å². The lowest BCUT2D eigenvalue weighted by Crippen LogP contribution is -2.32. The fraction of sp³-hybridized carbons (Fsp3) is 0.385. The van der Waals surface area contributed by atoms with Gasteiger partial charge in [0.1, 0.15) is 17.6 Å². The highest BCUT2D eigenvalue weighted by Crippen LogP contribution is 2.36. The second-order valence-electron chi connectivity index (χ2n) is 9.30. The molecule has 3 aromatic rings. The van der Waals surface area contributed by atoms with Gasteiger partial charge in [0.2, 0.25) is 5.91 Å². The number of sulfonamides is 1. The first-order valence-electron chi connectivity index (χ1n) is 12.0. The number of pyridine rings is 1. The monoisotopic (exact) mass is 524 g/mol. The molecule has 4 rings (SSSR count). The van der Waals surface area contributed by atoms with E-state index in [0.717, 1.165) is 12.0 Å². The van der Waals surface area contributed by atoms with Gasteiger partial charge >= 0.3 is 0 Å². The number of carbonyl (C=O) groups excluding carboxylic acids is 1. The van der Waals surface area contributed by atoms with Crippen LogP contribution in [0, 0.1) is 17.1 Å². The molecule has 0 saturated carbocycles. The van der Waals surface area contributed by atoms with Crippen LogP contribution in [0.4, 0.5) is 4.39 Å². The Hall–Kier alpha value is -3.62. The lowest BCUT2D eigenvalue weighted by molar-refractivity contribution is -0.118. The molecular formula is C26H29FN6O3S. The van der Waals surface area contributed by atoms with Crippen LogP contribution in [0.3, 0.4) is 0 Å². The molecule has 1 amide bonds. The molecule has 9 nitrogen and oxygen atoms in total. The smallest absolute Gasteiger partial charge is 0.283 e. The molecule has 1 aliphatic rings. The first-order valence-corrected chi connectivity index (χ1v) is 13.5. The number of amides is 1. The molecule has 2 aromatic heterocycles. The van der Waals surface area contributed by atoms with Crippen LogP contribution in [0.15, 0.2) is 35.5 Å². The standard InChI is InChI=1S/C26H29FN6O3S/c1-5-33-24(16(2)32(3)4)14-26(30-33)37(35,36)31-25(34)13-22-19-7-6-8-20(19)23(27)12-21(22)17-9-10-29-18(11-17)15-28/h9-12,14,16H,5-8,13H2,1-4H3,(H,31,34). The first kappa shape index (κ1) is 26.4. The van der Waals surface area contributed by atoms with Crippen molar-refractivity contribution in [3.05, 3.63) is 64.4 Å². The van der Waals surface area contributed by atoms with Gasteiger partial charge in [0.25, 0.3) is 10.0 Å². The Balaban J connectivity index is 1.68. The molecule has 1 N–H and O–H groups in total. The maximum absolute atomic E-state index is 14.9. The van der Waals surface area contributed by atoms with Crippen molar-refractivity contribution in [3.63, 3.8) is 0 Å². The summed E-state index contributed by atoms with van der Waals surface area (Å²) in [7, 11) is -0.471.